The summed E-state index contributed by atoms with van der Waals surface area (Å²) in [5.74, 6) is -0.625. The third-order valence-corrected chi connectivity index (χ3v) is 5.86. The van der Waals surface area contributed by atoms with E-state index in [0.29, 0.717) is 22.5 Å². The standard InChI is InChI=1S/C25H19Cl2FN4O4/c1-12-21(13(2)33)19(11-34-3)30-23(12)25-32-31-20(36-25)8-15-4-5-18(27)24(22(15)28)35-17-7-14(10-29)6-16(26)9-17/h4-7,9,30H,8,11H2,1-3H3. The molecule has 0 atom stereocenters. The lowest BCUT2D eigenvalue weighted by Crippen LogP contribution is -1.99. The van der Waals surface area contributed by atoms with Crippen molar-refractivity contribution in [3.8, 4) is 29.2 Å². The number of aromatic nitrogens is 3. The Labute approximate surface area is 215 Å². The van der Waals surface area contributed by atoms with E-state index < -0.39 is 5.82 Å². The van der Waals surface area contributed by atoms with Crippen LogP contribution in [0.1, 0.15) is 45.6 Å². The number of benzene rings is 2. The van der Waals surface area contributed by atoms with E-state index in [1.165, 1.54) is 44.4 Å². The summed E-state index contributed by atoms with van der Waals surface area (Å²) in [5, 5.41) is 17.5. The van der Waals surface area contributed by atoms with E-state index in [4.69, 9.17) is 42.4 Å². The van der Waals surface area contributed by atoms with Crippen LogP contribution in [0.15, 0.2) is 34.7 Å². The van der Waals surface area contributed by atoms with Crippen molar-refractivity contribution in [1.29, 1.82) is 5.26 Å². The fourth-order valence-electron chi connectivity index (χ4n) is 3.80. The highest BCUT2D eigenvalue weighted by Gasteiger charge is 2.23. The highest BCUT2D eigenvalue weighted by molar-refractivity contribution is 6.32. The molecule has 2 heterocycles. The third kappa shape index (κ3) is 5.11. The van der Waals surface area contributed by atoms with Gasteiger partial charge in [0.15, 0.2) is 17.3 Å². The van der Waals surface area contributed by atoms with Crippen LogP contribution in [0.2, 0.25) is 10.0 Å². The van der Waals surface area contributed by atoms with Gasteiger partial charge in [-0.15, -0.1) is 10.2 Å². The number of hydrogen-bond donors (Lipinski definition) is 1. The number of aromatic amines is 1. The minimum atomic E-state index is -0.724. The first kappa shape index (κ1) is 25.4. The number of halogens is 3. The highest BCUT2D eigenvalue weighted by Crippen LogP contribution is 2.36. The predicted molar refractivity (Wildman–Crippen MR) is 130 cm³/mol. The van der Waals surface area contributed by atoms with Crippen LogP contribution in [0, 0.1) is 24.1 Å². The summed E-state index contributed by atoms with van der Waals surface area (Å²) in [7, 11) is 1.53. The van der Waals surface area contributed by atoms with E-state index in [0.717, 1.165) is 0 Å². The van der Waals surface area contributed by atoms with E-state index in [9.17, 15) is 4.79 Å². The van der Waals surface area contributed by atoms with Gasteiger partial charge in [0.1, 0.15) is 11.4 Å². The van der Waals surface area contributed by atoms with Gasteiger partial charge in [-0.1, -0.05) is 29.3 Å². The summed E-state index contributed by atoms with van der Waals surface area (Å²) in [5.41, 5.74) is 2.68. The number of Topliss-reactive ketones (excluding diaryl/α,β-unsaturated/α-hetero) is 1. The molecule has 0 fully saturated rings. The van der Waals surface area contributed by atoms with Crippen molar-refractivity contribution in [3.63, 3.8) is 0 Å². The Bertz CT molecular complexity index is 1510. The maximum atomic E-state index is 15.4. The minimum Gasteiger partial charge on any atom is -0.453 e. The fraction of sp³-hybridized carbons (Fsp3) is 0.200. The van der Waals surface area contributed by atoms with E-state index in [1.54, 1.807) is 6.92 Å². The number of methoxy groups -OCH3 is 1. The van der Waals surface area contributed by atoms with Gasteiger partial charge in [0.2, 0.25) is 5.89 Å². The van der Waals surface area contributed by atoms with Gasteiger partial charge in [0.25, 0.3) is 5.89 Å². The average Bonchev–Trinajstić information content (AvgIpc) is 3.42. The SMILES string of the molecule is COCc1[nH]c(-c2nnc(Cc3ccc(Cl)c(Oc4cc(Cl)cc(C#N)c4)c3F)o2)c(C)c1C(C)=O. The van der Waals surface area contributed by atoms with Crippen LogP contribution in [0.25, 0.3) is 11.6 Å². The Morgan fingerprint density at radius 3 is 2.72 bits per heavy atom. The van der Waals surface area contributed by atoms with E-state index in [2.05, 4.69) is 15.2 Å². The number of carbonyl (C=O) groups excluding carboxylic acids is 1. The Hall–Kier alpha value is -3.71. The maximum Gasteiger partial charge on any atom is 0.264 e. The first-order valence-corrected chi connectivity index (χ1v) is 11.4. The number of ketones is 1. The number of nitrogens with one attached hydrogen (secondary N) is 1. The molecule has 0 aliphatic heterocycles. The zero-order valence-electron chi connectivity index (χ0n) is 19.4. The van der Waals surface area contributed by atoms with Gasteiger partial charge in [0, 0.05) is 23.3 Å². The second-order valence-electron chi connectivity index (χ2n) is 7.88. The molecular weight excluding hydrogens is 510 g/mol. The lowest BCUT2D eigenvalue weighted by atomic mass is 10.1. The van der Waals surface area contributed by atoms with Crippen molar-refractivity contribution in [2.45, 2.75) is 26.9 Å². The molecule has 0 saturated heterocycles. The molecule has 0 saturated carbocycles. The van der Waals surface area contributed by atoms with Gasteiger partial charge >= 0.3 is 0 Å². The summed E-state index contributed by atoms with van der Waals surface area (Å²) in [4.78, 5) is 15.2. The van der Waals surface area contributed by atoms with E-state index >= 15 is 4.39 Å². The topological polar surface area (TPSA) is 114 Å². The number of nitrogens with zero attached hydrogens (tertiary/aromatic N) is 3. The minimum absolute atomic E-state index is 0.0328. The zero-order chi connectivity index (χ0) is 26.0. The van der Waals surface area contributed by atoms with Crippen molar-refractivity contribution < 1.29 is 23.1 Å². The summed E-state index contributed by atoms with van der Waals surface area (Å²) < 4.78 is 31.9. The average molecular weight is 529 g/mol. The van der Waals surface area contributed by atoms with Crippen molar-refractivity contribution in [2.75, 3.05) is 7.11 Å². The molecule has 0 amide bonds. The quantitative estimate of drug-likeness (QED) is 0.262. The maximum absolute atomic E-state index is 15.4. The monoisotopic (exact) mass is 528 g/mol. The molecular formula is C25H19Cl2FN4O4. The molecule has 8 nitrogen and oxygen atoms in total. The Morgan fingerprint density at radius 2 is 2.03 bits per heavy atom. The third-order valence-electron chi connectivity index (χ3n) is 5.34. The molecule has 0 unspecified atom stereocenters. The summed E-state index contributed by atoms with van der Waals surface area (Å²) in [6, 6.07) is 9.25. The molecule has 4 rings (SSSR count). The van der Waals surface area contributed by atoms with Gasteiger partial charge < -0.3 is 18.9 Å². The van der Waals surface area contributed by atoms with Crippen LogP contribution in [-0.2, 0) is 17.8 Å². The lowest BCUT2D eigenvalue weighted by molar-refractivity contribution is 0.101. The van der Waals surface area contributed by atoms with Crippen LogP contribution < -0.4 is 4.74 Å². The number of H-pyrrole nitrogens is 1. The Morgan fingerprint density at radius 1 is 1.25 bits per heavy atom. The van der Waals surface area contributed by atoms with Crippen LogP contribution in [0.5, 0.6) is 11.5 Å². The smallest absolute Gasteiger partial charge is 0.264 e. The number of nitriles is 1. The second-order valence-corrected chi connectivity index (χ2v) is 8.73. The Balaban J connectivity index is 1.63. The summed E-state index contributed by atoms with van der Waals surface area (Å²) >= 11 is 12.2. The van der Waals surface area contributed by atoms with Crippen LogP contribution >= 0.6 is 23.2 Å². The number of ether oxygens (including phenoxy) is 2. The highest BCUT2D eigenvalue weighted by atomic mass is 35.5. The van der Waals surface area contributed by atoms with E-state index in [1.807, 2.05) is 6.07 Å². The molecule has 0 radical (unpaired) electrons. The van der Waals surface area contributed by atoms with Crippen molar-refractivity contribution >= 4 is 29.0 Å². The zero-order valence-corrected chi connectivity index (χ0v) is 20.9. The molecule has 11 heteroatoms. The molecule has 4 aromatic rings. The summed E-state index contributed by atoms with van der Waals surface area (Å²) in [6.07, 6.45) is -0.0460. The van der Waals surface area contributed by atoms with Crippen molar-refractivity contribution in [3.05, 3.63) is 80.0 Å². The van der Waals surface area contributed by atoms with E-state index in [-0.39, 0.29) is 63.3 Å². The Kier molecular flexibility index (Phi) is 7.40. The van der Waals surface area contributed by atoms with Crippen LogP contribution in [-0.4, -0.2) is 28.1 Å². The van der Waals surface area contributed by atoms with Crippen molar-refractivity contribution in [1.82, 2.24) is 15.2 Å². The lowest BCUT2D eigenvalue weighted by Gasteiger charge is -2.11. The molecule has 2 aromatic heterocycles. The normalized spacial score (nSPS) is 10.9. The number of carbonyl (C=O) groups is 1. The van der Waals surface area contributed by atoms with Gasteiger partial charge in [0.05, 0.1) is 35.4 Å². The fourth-order valence-corrected chi connectivity index (χ4v) is 4.21. The van der Waals surface area contributed by atoms with Gasteiger partial charge in [-0.3, -0.25) is 4.79 Å². The molecule has 184 valence electrons. The van der Waals surface area contributed by atoms with Gasteiger partial charge in [-0.2, -0.15) is 5.26 Å². The van der Waals surface area contributed by atoms with Gasteiger partial charge in [-0.05, 0) is 43.7 Å². The largest absolute Gasteiger partial charge is 0.453 e. The number of rotatable bonds is 8. The molecule has 0 aliphatic carbocycles. The molecule has 36 heavy (non-hydrogen) atoms. The van der Waals surface area contributed by atoms with Gasteiger partial charge in [-0.25, -0.2) is 4.39 Å². The van der Waals surface area contributed by atoms with Crippen molar-refractivity contribution in [2.24, 2.45) is 0 Å². The second kappa shape index (κ2) is 10.5. The number of hydrogen-bond acceptors (Lipinski definition) is 7. The van der Waals surface area contributed by atoms with Crippen LogP contribution in [0.3, 0.4) is 0 Å². The molecule has 2 aromatic carbocycles. The molecule has 0 spiro atoms. The molecule has 0 aliphatic rings. The molecule has 1 N–H and O–H groups in total. The molecule has 0 bridgehead atoms. The van der Waals surface area contributed by atoms with Crippen LogP contribution in [0.4, 0.5) is 4.39 Å². The first-order chi connectivity index (χ1) is 17.2. The first-order valence-electron chi connectivity index (χ1n) is 10.6. The summed E-state index contributed by atoms with van der Waals surface area (Å²) in [6.45, 7) is 3.44. The predicted octanol–water partition coefficient (Wildman–Crippen LogP) is 6.42.